The number of halogens is 1. The number of carbonyl (C=O) groups is 1. The van der Waals surface area contributed by atoms with Crippen molar-refractivity contribution in [3.05, 3.63) is 38.3 Å². The van der Waals surface area contributed by atoms with Crippen molar-refractivity contribution in [1.82, 2.24) is 4.90 Å². The van der Waals surface area contributed by atoms with E-state index >= 15 is 0 Å². The van der Waals surface area contributed by atoms with Crippen LogP contribution in [0.15, 0.2) is 22.7 Å². The third-order valence-electron chi connectivity index (χ3n) is 2.08. The first-order chi connectivity index (χ1) is 7.99. The summed E-state index contributed by atoms with van der Waals surface area (Å²) in [6, 6.07) is 4.29. The molecule has 1 amide bonds. The summed E-state index contributed by atoms with van der Waals surface area (Å²) in [4.78, 5) is 23.4. The van der Waals surface area contributed by atoms with Crippen LogP contribution < -0.4 is 0 Å². The lowest BCUT2D eigenvalue weighted by Gasteiger charge is -2.14. The van der Waals surface area contributed by atoms with Gasteiger partial charge in [0.25, 0.3) is 11.6 Å². The van der Waals surface area contributed by atoms with E-state index in [0.717, 1.165) is 0 Å². The Hall–Kier alpha value is -1.87. The number of terminal acetylenes is 1. The number of carbonyl (C=O) groups excluding carboxylic acids is 1. The lowest BCUT2D eigenvalue weighted by molar-refractivity contribution is -0.385. The lowest BCUT2D eigenvalue weighted by Crippen LogP contribution is -2.27. The molecule has 0 saturated heterocycles. The molecular formula is C11H9BrN2O3. The summed E-state index contributed by atoms with van der Waals surface area (Å²) in [5.41, 5.74) is 0.0712. The van der Waals surface area contributed by atoms with Gasteiger partial charge in [0.15, 0.2) is 0 Å². The maximum absolute atomic E-state index is 11.9. The standard InChI is InChI=1S/C11H9BrN2O3/c1-3-7-13(2)11(15)8-5-4-6-9(10(8)12)14(16)17/h1,4-6H,7H2,2H3. The molecule has 0 N–H and O–H groups in total. The van der Waals surface area contributed by atoms with E-state index in [2.05, 4.69) is 21.9 Å². The molecule has 0 aliphatic carbocycles. The highest BCUT2D eigenvalue weighted by Crippen LogP contribution is 2.28. The zero-order valence-corrected chi connectivity index (χ0v) is 10.6. The molecule has 1 rings (SSSR count). The van der Waals surface area contributed by atoms with Crippen LogP contribution in [0, 0.1) is 22.5 Å². The van der Waals surface area contributed by atoms with Gasteiger partial charge in [-0.2, -0.15) is 0 Å². The van der Waals surface area contributed by atoms with Crippen LogP contribution in [-0.4, -0.2) is 29.3 Å². The van der Waals surface area contributed by atoms with Gasteiger partial charge in [-0.25, -0.2) is 0 Å². The van der Waals surface area contributed by atoms with Crippen molar-refractivity contribution in [3.8, 4) is 12.3 Å². The van der Waals surface area contributed by atoms with E-state index in [4.69, 9.17) is 6.42 Å². The van der Waals surface area contributed by atoms with Crippen LogP contribution >= 0.6 is 15.9 Å². The Bertz CT molecular complexity index is 508. The Morgan fingerprint density at radius 1 is 1.65 bits per heavy atom. The molecule has 0 aliphatic heterocycles. The maximum atomic E-state index is 11.9. The quantitative estimate of drug-likeness (QED) is 0.487. The summed E-state index contributed by atoms with van der Waals surface area (Å²) >= 11 is 3.06. The summed E-state index contributed by atoms with van der Waals surface area (Å²) in [5, 5.41) is 10.7. The molecule has 0 saturated carbocycles. The lowest BCUT2D eigenvalue weighted by atomic mass is 10.2. The predicted octanol–water partition coefficient (Wildman–Crippen LogP) is 2.06. The van der Waals surface area contributed by atoms with Gasteiger partial charge in [-0.05, 0) is 22.0 Å². The minimum absolute atomic E-state index is 0.147. The smallest absolute Gasteiger partial charge is 0.284 e. The molecule has 0 unspecified atom stereocenters. The molecule has 6 heteroatoms. The number of amides is 1. The minimum atomic E-state index is -0.554. The first-order valence-corrected chi connectivity index (χ1v) is 5.40. The van der Waals surface area contributed by atoms with Crippen LogP contribution in [0.3, 0.4) is 0 Å². The Morgan fingerprint density at radius 2 is 2.29 bits per heavy atom. The largest absolute Gasteiger partial charge is 0.331 e. The van der Waals surface area contributed by atoms with Gasteiger partial charge in [-0.3, -0.25) is 14.9 Å². The fourth-order valence-electron chi connectivity index (χ4n) is 1.24. The topological polar surface area (TPSA) is 63.5 Å². The van der Waals surface area contributed by atoms with Crippen LogP contribution in [0.2, 0.25) is 0 Å². The van der Waals surface area contributed by atoms with E-state index in [1.54, 1.807) is 0 Å². The Balaban J connectivity index is 3.16. The average molecular weight is 297 g/mol. The van der Waals surface area contributed by atoms with Crippen LogP contribution in [0.4, 0.5) is 5.69 Å². The van der Waals surface area contributed by atoms with Gasteiger partial charge in [0.2, 0.25) is 0 Å². The summed E-state index contributed by atoms with van der Waals surface area (Å²) < 4.78 is 0.166. The second-order valence-electron chi connectivity index (χ2n) is 3.26. The fraction of sp³-hybridized carbons (Fsp3) is 0.182. The average Bonchev–Trinajstić information content (AvgIpc) is 2.28. The summed E-state index contributed by atoms with van der Waals surface area (Å²) in [6.07, 6.45) is 5.10. The molecule has 1 aromatic carbocycles. The Kier molecular flexibility index (Phi) is 4.24. The molecule has 0 atom stereocenters. The van der Waals surface area contributed by atoms with Gasteiger partial charge >= 0.3 is 0 Å². The van der Waals surface area contributed by atoms with E-state index in [0.29, 0.717) is 0 Å². The second kappa shape index (κ2) is 5.46. The third kappa shape index (κ3) is 2.82. The molecule has 0 spiro atoms. The highest BCUT2D eigenvalue weighted by Gasteiger charge is 2.21. The van der Waals surface area contributed by atoms with Crippen LogP contribution in [-0.2, 0) is 0 Å². The molecule has 88 valence electrons. The van der Waals surface area contributed by atoms with Crippen molar-refractivity contribution in [2.24, 2.45) is 0 Å². The van der Waals surface area contributed by atoms with E-state index in [1.807, 2.05) is 0 Å². The molecule has 17 heavy (non-hydrogen) atoms. The molecule has 0 aromatic heterocycles. The summed E-state index contributed by atoms with van der Waals surface area (Å²) in [7, 11) is 1.54. The van der Waals surface area contributed by atoms with Gasteiger partial charge in [0.05, 0.1) is 17.0 Å². The molecule has 0 bridgehead atoms. The molecule has 0 radical (unpaired) electrons. The number of nitrogens with zero attached hydrogens (tertiary/aromatic N) is 2. The van der Waals surface area contributed by atoms with Crippen molar-refractivity contribution >= 4 is 27.5 Å². The Labute approximate surface area is 107 Å². The second-order valence-corrected chi connectivity index (χ2v) is 4.05. The molecule has 0 fully saturated rings. The summed E-state index contributed by atoms with van der Waals surface area (Å²) in [6.45, 7) is 0.147. The maximum Gasteiger partial charge on any atom is 0.284 e. The van der Waals surface area contributed by atoms with Crippen LogP contribution in [0.5, 0.6) is 0 Å². The van der Waals surface area contributed by atoms with Crippen molar-refractivity contribution < 1.29 is 9.72 Å². The number of nitro benzene ring substituents is 1. The fourth-order valence-corrected chi connectivity index (χ4v) is 1.82. The van der Waals surface area contributed by atoms with Crippen molar-refractivity contribution in [2.75, 3.05) is 13.6 Å². The number of rotatable bonds is 3. The van der Waals surface area contributed by atoms with Crippen LogP contribution in [0.1, 0.15) is 10.4 Å². The molecule has 5 nitrogen and oxygen atoms in total. The SMILES string of the molecule is C#CCN(C)C(=O)c1cccc([N+](=O)[O-])c1Br. The zero-order chi connectivity index (χ0) is 13.0. The molecule has 1 aromatic rings. The van der Waals surface area contributed by atoms with E-state index < -0.39 is 4.92 Å². The number of hydrogen-bond acceptors (Lipinski definition) is 3. The number of nitro groups is 1. The Morgan fingerprint density at radius 3 is 2.82 bits per heavy atom. The highest BCUT2D eigenvalue weighted by atomic mass is 79.9. The van der Waals surface area contributed by atoms with Gasteiger partial charge < -0.3 is 4.90 Å². The van der Waals surface area contributed by atoms with Crippen LogP contribution in [0.25, 0.3) is 0 Å². The third-order valence-corrected chi connectivity index (χ3v) is 2.91. The number of hydrogen-bond donors (Lipinski definition) is 0. The highest BCUT2D eigenvalue weighted by molar-refractivity contribution is 9.10. The van der Waals surface area contributed by atoms with Gasteiger partial charge in [-0.15, -0.1) is 6.42 Å². The zero-order valence-electron chi connectivity index (χ0n) is 9.01. The van der Waals surface area contributed by atoms with Gasteiger partial charge in [0.1, 0.15) is 4.47 Å². The predicted molar refractivity (Wildman–Crippen MR) is 66.6 cm³/mol. The summed E-state index contributed by atoms with van der Waals surface area (Å²) in [5.74, 6) is 1.97. The van der Waals surface area contributed by atoms with Crippen molar-refractivity contribution in [2.45, 2.75) is 0 Å². The monoisotopic (exact) mass is 296 g/mol. The number of benzene rings is 1. The normalized spacial score (nSPS) is 9.47. The molecular weight excluding hydrogens is 288 g/mol. The molecule has 0 aliphatic rings. The first-order valence-electron chi connectivity index (χ1n) is 4.61. The molecule has 0 heterocycles. The van der Waals surface area contributed by atoms with Crippen molar-refractivity contribution in [3.63, 3.8) is 0 Å². The van der Waals surface area contributed by atoms with Gasteiger partial charge in [0, 0.05) is 13.1 Å². The van der Waals surface area contributed by atoms with E-state index in [1.165, 1.54) is 30.1 Å². The first kappa shape index (κ1) is 13.2. The minimum Gasteiger partial charge on any atom is -0.331 e. The van der Waals surface area contributed by atoms with E-state index in [9.17, 15) is 14.9 Å². The van der Waals surface area contributed by atoms with Gasteiger partial charge in [-0.1, -0.05) is 12.0 Å². The van der Waals surface area contributed by atoms with E-state index in [-0.39, 0.29) is 28.2 Å². The van der Waals surface area contributed by atoms with Crippen molar-refractivity contribution in [1.29, 1.82) is 0 Å².